The van der Waals surface area contributed by atoms with Crippen molar-refractivity contribution < 1.29 is 9.59 Å². The van der Waals surface area contributed by atoms with Crippen molar-refractivity contribution in [1.29, 1.82) is 0 Å². The van der Waals surface area contributed by atoms with Gasteiger partial charge in [0.15, 0.2) is 0 Å². The molecule has 0 saturated heterocycles. The number of benzene rings is 3. The number of halogens is 2. The molecular weight excluding hydrogens is 535 g/mol. The Labute approximate surface area is 241 Å². The highest BCUT2D eigenvalue weighted by atomic mass is 35.5. The molecule has 0 heterocycles. The molecule has 4 nitrogen and oxygen atoms in total. The SMILES string of the molecule is CCCCNC(=O)[C@H](Cc1ccccc1)N(Cc1c(Cl)cccc1Cl)C(=O)CSCc1cc(C)cc(C)c1. The van der Waals surface area contributed by atoms with Gasteiger partial charge in [-0.2, -0.15) is 0 Å². The zero-order chi connectivity index (χ0) is 27.5. The van der Waals surface area contributed by atoms with Crippen LogP contribution in [0, 0.1) is 13.8 Å². The van der Waals surface area contributed by atoms with Gasteiger partial charge in [0.2, 0.25) is 11.8 Å². The van der Waals surface area contributed by atoms with Crippen LogP contribution < -0.4 is 5.32 Å². The standard InChI is InChI=1S/C31H36Cl2N2O2S/c1-4-5-14-34-31(37)29(18-24-10-7-6-8-11-24)35(19-26-27(32)12-9-13-28(26)33)30(36)21-38-20-25-16-22(2)15-23(3)17-25/h6-13,15-17,29H,4-5,14,18-21H2,1-3H3,(H,34,37)/t29-/m0/s1. The average molecular weight is 572 g/mol. The molecule has 0 saturated carbocycles. The number of thioether (sulfide) groups is 1. The zero-order valence-electron chi connectivity index (χ0n) is 22.3. The first-order valence-electron chi connectivity index (χ1n) is 13.0. The van der Waals surface area contributed by atoms with E-state index in [0.717, 1.165) is 18.4 Å². The molecule has 0 unspecified atom stereocenters. The van der Waals surface area contributed by atoms with Crippen molar-refractivity contribution in [2.24, 2.45) is 0 Å². The quantitative estimate of drug-likeness (QED) is 0.218. The number of aryl methyl sites for hydroxylation is 2. The molecule has 0 aliphatic heterocycles. The Balaban J connectivity index is 1.88. The summed E-state index contributed by atoms with van der Waals surface area (Å²) in [4.78, 5) is 29.0. The number of nitrogens with zero attached hydrogens (tertiary/aromatic N) is 1. The van der Waals surface area contributed by atoms with E-state index in [0.29, 0.717) is 34.3 Å². The van der Waals surface area contributed by atoms with E-state index in [9.17, 15) is 9.59 Å². The van der Waals surface area contributed by atoms with Crippen molar-refractivity contribution in [2.45, 2.75) is 58.4 Å². The fourth-order valence-corrected chi connectivity index (χ4v) is 5.77. The number of unbranched alkanes of at least 4 members (excludes halogenated alkanes) is 1. The van der Waals surface area contributed by atoms with Crippen LogP contribution in [0.5, 0.6) is 0 Å². The largest absolute Gasteiger partial charge is 0.354 e. The summed E-state index contributed by atoms with van der Waals surface area (Å²) in [6, 6.07) is 20.8. The molecule has 3 aromatic carbocycles. The maximum atomic E-state index is 13.8. The summed E-state index contributed by atoms with van der Waals surface area (Å²) >= 11 is 14.6. The molecule has 1 atom stereocenters. The second-order valence-electron chi connectivity index (χ2n) is 9.56. The van der Waals surface area contributed by atoms with E-state index in [4.69, 9.17) is 23.2 Å². The van der Waals surface area contributed by atoms with Crippen LogP contribution in [0.25, 0.3) is 0 Å². The third kappa shape index (κ3) is 9.07. The molecule has 3 aromatic rings. The predicted octanol–water partition coefficient (Wildman–Crippen LogP) is 7.40. The maximum absolute atomic E-state index is 13.8. The van der Waals surface area contributed by atoms with E-state index in [1.165, 1.54) is 16.7 Å². The molecular formula is C31H36Cl2N2O2S. The number of rotatable bonds is 13. The van der Waals surface area contributed by atoms with Crippen LogP contribution in [-0.2, 0) is 28.3 Å². The van der Waals surface area contributed by atoms with Crippen molar-refractivity contribution in [1.82, 2.24) is 10.2 Å². The lowest BCUT2D eigenvalue weighted by molar-refractivity contribution is -0.139. The Morgan fingerprint density at radius 2 is 1.58 bits per heavy atom. The topological polar surface area (TPSA) is 49.4 Å². The third-order valence-corrected chi connectivity index (χ3v) is 7.96. The summed E-state index contributed by atoms with van der Waals surface area (Å²) in [6.07, 6.45) is 2.24. The Bertz CT molecular complexity index is 1180. The lowest BCUT2D eigenvalue weighted by Gasteiger charge is -2.32. The van der Waals surface area contributed by atoms with E-state index in [-0.39, 0.29) is 24.1 Å². The fraction of sp³-hybridized carbons (Fsp3) is 0.355. The van der Waals surface area contributed by atoms with E-state index in [2.05, 4.69) is 44.3 Å². The first kappa shape index (κ1) is 30.1. The first-order chi connectivity index (χ1) is 18.3. The van der Waals surface area contributed by atoms with Gasteiger partial charge in [-0.25, -0.2) is 0 Å². The van der Waals surface area contributed by atoms with Gasteiger partial charge in [0.1, 0.15) is 6.04 Å². The molecule has 0 spiro atoms. The average Bonchev–Trinajstić information content (AvgIpc) is 2.87. The summed E-state index contributed by atoms with van der Waals surface area (Å²) in [7, 11) is 0. The number of carbonyl (C=O) groups excluding carboxylic acids is 2. The zero-order valence-corrected chi connectivity index (χ0v) is 24.6. The van der Waals surface area contributed by atoms with E-state index < -0.39 is 6.04 Å². The van der Waals surface area contributed by atoms with Gasteiger partial charge in [0.05, 0.1) is 5.75 Å². The normalized spacial score (nSPS) is 11.7. The minimum Gasteiger partial charge on any atom is -0.354 e. The Kier molecular flexibility index (Phi) is 12.0. The van der Waals surface area contributed by atoms with Gasteiger partial charge in [-0.1, -0.05) is 102 Å². The van der Waals surface area contributed by atoms with Crippen molar-refractivity contribution in [3.63, 3.8) is 0 Å². The third-order valence-electron chi connectivity index (χ3n) is 6.27. The molecule has 0 aromatic heterocycles. The molecule has 202 valence electrons. The van der Waals surface area contributed by atoms with Crippen molar-refractivity contribution >= 4 is 46.8 Å². The van der Waals surface area contributed by atoms with Gasteiger partial charge in [0.25, 0.3) is 0 Å². The number of hydrogen-bond donors (Lipinski definition) is 1. The van der Waals surface area contributed by atoms with Crippen LogP contribution in [0.15, 0.2) is 66.7 Å². The molecule has 0 aliphatic rings. The lowest BCUT2D eigenvalue weighted by Crippen LogP contribution is -2.51. The van der Waals surface area contributed by atoms with Gasteiger partial charge in [-0.3, -0.25) is 9.59 Å². The van der Waals surface area contributed by atoms with Crippen molar-refractivity contribution in [3.8, 4) is 0 Å². The minimum atomic E-state index is -0.698. The Hall–Kier alpha value is -2.47. The molecule has 0 fully saturated rings. The predicted molar refractivity (Wildman–Crippen MR) is 161 cm³/mol. The van der Waals surface area contributed by atoms with Crippen LogP contribution in [0.2, 0.25) is 10.0 Å². The minimum absolute atomic E-state index is 0.123. The summed E-state index contributed by atoms with van der Waals surface area (Å²) in [5, 5.41) is 3.99. The second kappa shape index (κ2) is 15.2. The van der Waals surface area contributed by atoms with Gasteiger partial charge in [-0.15, -0.1) is 11.8 Å². The highest BCUT2D eigenvalue weighted by Crippen LogP contribution is 2.28. The molecule has 3 rings (SSSR count). The van der Waals surface area contributed by atoms with Gasteiger partial charge < -0.3 is 10.2 Å². The molecule has 7 heteroatoms. The van der Waals surface area contributed by atoms with Crippen LogP contribution in [0.1, 0.15) is 47.6 Å². The summed E-state index contributed by atoms with van der Waals surface area (Å²) in [5.41, 5.74) is 5.21. The van der Waals surface area contributed by atoms with Crippen LogP contribution in [-0.4, -0.2) is 35.1 Å². The molecule has 2 amide bonds. The van der Waals surface area contributed by atoms with Crippen LogP contribution in [0.3, 0.4) is 0 Å². The van der Waals surface area contributed by atoms with Crippen LogP contribution in [0.4, 0.5) is 0 Å². The Morgan fingerprint density at radius 3 is 2.21 bits per heavy atom. The number of amides is 2. The van der Waals surface area contributed by atoms with Gasteiger partial charge >= 0.3 is 0 Å². The molecule has 38 heavy (non-hydrogen) atoms. The molecule has 0 radical (unpaired) electrons. The fourth-order valence-electron chi connectivity index (χ4n) is 4.41. The van der Waals surface area contributed by atoms with E-state index >= 15 is 0 Å². The second-order valence-corrected chi connectivity index (χ2v) is 11.4. The Morgan fingerprint density at radius 1 is 0.921 bits per heavy atom. The summed E-state index contributed by atoms with van der Waals surface area (Å²) in [5.74, 6) is 0.656. The van der Waals surface area contributed by atoms with Crippen LogP contribution >= 0.6 is 35.0 Å². The van der Waals surface area contributed by atoms with Crippen molar-refractivity contribution in [2.75, 3.05) is 12.3 Å². The summed E-state index contributed by atoms with van der Waals surface area (Å²) < 4.78 is 0. The number of hydrogen-bond acceptors (Lipinski definition) is 3. The highest BCUT2D eigenvalue weighted by Gasteiger charge is 2.31. The molecule has 0 aliphatic carbocycles. The highest BCUT2D eigenvalue weighted by molar-refractivity contribution is 7.99. The van der Waals surface area contributed by atoms with Gasteiger partial charge in [0, 0.05) is 40.9 Å². The summed E-state index contributed by atoms with van der Waals surface area (Å²) in [6.45, 7) is 6.95. The number of carbonyl (C=O) groups is 2. The maximum Gasteiger partial charge on any atom is 0.243 e. The van der Waals surface area contributed by atoms with E-state index in [1.54, 1.807) is 34.9 Å². The lowest BCUT2D eigenvalue weighted by atomic mass is 10.0. The first-order valence-corrected chi connectivity index (χ1v) is 14.9. The van der Waals surface area contributed by atoms with Crippen molar-refractivity contribution in [3.05, 3.63) is 105 Å². The molecule has 0 bridgehead atoms. The van der Waals surface area contributed by atoms with Gasteiger partial charge in [-0.05, 0) is 43.5 Å². The molecule has 1 N–H and O–H groups in total. The monoisotopic (exact) mass is 570 g/mol. The van der Waals surface area contributed by atoms with E-state index in [1.807, 2.05) is 30.3 Å². The smallest absolute Gasteiger partial charge is 0.243 e. The number of nitrogens with one attached hydrogen (secondary N) is 1.